The zero-order chi connectivity index (χ0) is 14.6. The Kier molecular flexibility index (Phi) is 4.58. The summed E-state index contributed by atoms with van der Waals surface area (Å²) in [6.07, 6.45) is 4.94. The van der Waals surface area contributed by atoms with E-state index in [1.165, 1.54) is 0 Å². The predicted molar refractivity (Wildman–Crippen MR) is 61.6 cm³/mol. The van der Waals surface area contributed by atoms with E-state index in [1.54, 1.807) is 0 Å². The minimum atomic E-state index is -4.37. The Balaban J connectivity index is 3.26. The molecule has 0 unspecified atom stereocenters. The molecule has 19 heavy (non-hydrogen) atoms. The Morgan fingerprint density at radius 2 is 1.84 bits per heavy atom. The number of sulfonamides is 1. The van der Waals surface area contributed by atoms with E-state index < -0.39 is 45.6 Å². The van der Waals surface area contributed by atoms with E-state index >= 15 is 0 Å². The maximum atomic E-state index is 13.0. The molecule has 1 aromatic rings. The third-order valence-corrected chi connectivity index (χ3v) is 3.82. The molecule has 1 aromatic carbocycles. The summed E-state index contributed by atoms with van der Waals surface area (Å²) in [5.74, 6) is -1.64. The topological polar surface area (TPSA) is 74.7 Å². The number of carbonyl (C=O) groups is 1. The van der Waals surface area contributed by atoms with Crippen molar-refractivity contribution in [3.8, 4) is 12.3 Å². The van der Waals surface area contributed by atoms with E-state index in [-0.39, 0.29) is 0 Å². The van der Waals surface area contributed by atoms with Crippen LogP contribution in [0.4, 0.5) is 8.78 Å². The third-order valence-electron chi connectivity index (χ3n) is 2.05. The normalized spacial score (nSPS) is 11.3. The molecule has 0 heterocycles. The van der Waals surface area contributed by atoms with Gasteiger partial charge in [-0.3, -0.25) is 4.79 Å². The van der Waals surface area contributed by atoms with Gasteiger partial charge in [-0.15, -0.1) is 6.42 Å². The van der Waals surface area contributed by atoms with Crippen LogP contribution in [0.2, 0.25) is 0 Å². The van der Waals surface area contributed by atoms with E-state index in [2.05, 4.69) is 0 Å². The molecule has 0 saturated heterocycles. The third kappa shape index (κ3) is 3.74. The summed E-state index contributed by atoms with van der Waals surface area (Å²) >= 11 is 0. The van der Waals surface area contributed by atoms with E-state index in [4.69, 9.17) is 11.5 Å². The molecule has 0 spiro atoms. The standard InChI is InChI=1S/C11H9F2NO4S/c1-2-3-14(7-11(15)16)19(17,18)10-5-8(12)4-9(13)6-10/h1,4-6H,3,7H2,(H,15,16). The minimum absolute atomic E-state index is 0.434. The summed E-state index contributed by atoms with van der Waals surface area (Å²) in [6, 6.07) is 1.68. The first kappa shape index (κ1) is 15.1. The lowest BCUT2D eigenvalue weighted by molar-refractivity contribution is -0.137. The summed E-state index contributed by atoms with van der Waals surface area (Å²) < 4.78 is 50.4. The summed E-state index contributed by atoms with van der Waals surface area (Å²) in [5.41, 5.74) is 0. The van der Waals surface area contributed by atoms with Crippen molar-refractivity contribution < 1.29 is 27.1 Å². The van der Waals surface area contributed by atoms with E-state index in [9.17, 15) is 22.0 Å². The highest BCUT2D eigenvalue weighted by molar-refractivity contribution is 7.89. The van der Waals surface area contributed by atoms with E-state index in [1.807, 2.05) is 5.92 Å². The number of aliphatic carboxylic acids is 1. The van der Waals surface area contributed by atoms with Gasteiger partial charge in [0, 0.05) is 6.07 Å². The van der Waals surface area contributed by atoms with Crippen LogP contribution in [0.1, 0.15) is 0 Å². The van der Waals surface area contributed by atoms with Gasteiger partial charge in [-0.2, -0.15) is 4.31 Å². The van der Waals surface area contributed by atoms with Gasteiger partial charge in [0.25, 0.3) is 0 Å². The molecule has 0 fully saturated rings. The average Bonchev–Trinajstić information content (AvgIpc) is 2.26. The van der Waals surface area contributed by atoms with Crippen molar-refractivity contribution in [1.82, 2.24) is 4.31 Å². The number of hydrogen-bond donors (Lipinski definition) is 1. The predicted octanol–water partition coefficient (Wildman–Crippen LogP) is 0.673. The number of halogens is 2. The number of terminal acetylenes is 1. The highest BCUT2D eigenvalue weighted by atomic mass is 32.2. The van der Waals surface area contributed by atoms with Gasteiger partial charge in [0.15, 0.2) is 0 Å². The van der Waals surface area contributed by atoms with Crippen molar-refractivity contribution >= 4 is 16.0 Å². The van der Waals surface area contributed by atoms with Crippen molar-refractivity contribution in [2.45, 2.75) is 4.90 Å². The summed E-state index contributed by atoms with van der Waals surface area (Å²) in [7, 11) is -4.37. The molecule has 102 valence electrons. The first-order valence-electron chi connectivity index (χ1n) is 4.89. The highest BCUT2D eigenvalue weighted by Gasteiger charge is 2.26. The van der Waals surface area contributed by atoms with Gasteiger partial charge in [0.05, 0.1) is 11.4 Å². The number of rotatable bonds is 5. The second kappa shape index (κ2) is 5.77. The van der Waals surface area contributed by atoms with Crippen molar-refractivity contribution in [3.63, 3.8) is 0 Å². The van der Waals surface area contributed by atoms with Crippen molar-refractivity contribution in [1.29, 1.82) is 0 Å². The molecule has 0 aliphatic carbocycles. The Bertz CT molecular complexity index is 616. The van der Waals surface area contributed by atoms with Crippen LogP contribution in [0.3, 0.4) is 0 Å². The summed E-state index contributed by atoms with van der Waals surface area (Å²) in [5, 5.41) is 8.61. The van der Waals surface area contributed by atoms with Gasteiger partial charge in [0.1, 0.15) is 18.2 Å². The number of hydrogen-bond acceptors (Lipinski definition) is 3. The fourth-order valence-corrected chi connectivity index (χ4v) is 2.65. The average molecular weight is 289 g/mol. The number of carboxylic acids is 1. The largest absolute Gasteiger partial charge is 0.480 e. The lowest BCUT2D eigenvalue weighted by Crippen LogP contribution is -2.36. The molecule has 0 saturated carbocycles. The molecule has 5 nitrogen and oxygen atoms in total. The van der Waals surface area contributed by atoms with Crippen LogP contribution in [0.5, 0.6) is 0 Å². The van der Waals surface area contributed by atoms with Crippen molar-refractivity contribution in [2.75, 3.05) is 13.1 Å². The van der Waals surface area contributed by atoms with Gasteiger partial charge < -0.3 is 5.11 Å². The van der Waals surface area contributed by atoms with Crippen molar-refractivity contribution in [2.24, 2.45) is 0 Å². The lowest BCUT2D eigenvalue weighted by Gasteiger charge is -2.17. The highest BCUT2D eigenvalue weighted by Crippen LogP contribution is 2.18. The molecule has 0 bridgehead atoms. The first-order valence-corrected chi connectivity index (χ1v) is 6.33. The zero-order valence-corrected chi connectivity index (χ0v) is 10.3. The fraction of sp³-hybridized carbons (Fsp3) is 0.182. The van der Waals surface area contributed by atoms with Crippen LogP contribution in [-0.4, -0.2) is 36.9 Å². The van der Waals surface area contributed by atoms with Crippen molar-refractivity contribution in [3.05, 3.63) is 29.8 Å². The SMILES string of the molecule is C#CCN(CC(=O)O)S(=O)(=O)c1cc(F)cc(F)c1. The molecule has 1 rings (SSSR count). The Morgan fingerprint density at radius 1 is 1.32 bits per heavy atom. The van der Waals surface area contributed by atoms with E-state index in [0.29, 0.717) is 22.5 Å². The second-order valence-electron chi connectivity index (χ2n) is 3.48. The zero-order valence-electron chi connectivity index (χ0n) is 9.51. The van der Waals surface area contributed by atoms with Gasteiger partial charge in [-0.05, 0) is 12.1 Å². The van der Waals surface area contributed by atoms with Gasteiger partial charge in [-0.1, -0.05) is 5.92 Å². The minimum Gasteiger partial charge on any atom is -0.480 e. The fourth-order valence-electron chi connectivity index (χ4n) is 1.31. The van der Waals surface area contributed by atoms with Crippen LogP contribution >= 0.6 is 0 Å². The molecular formula is C11H9F2NO4S. The number of carboxylic acid groups (broad SMARTS) is 1. The van der Waals surface area contributed by atoms with Crippen LogP contribution < -0.4 is 0 Å². The summed E-state index contributed by atoms with van der Waals surface area (Å²) in [6.45, 7) is -1.42. The van der Waals surface area contributed by atoms with Crippen LogP contribution in [0.15, 0.2) is 23.1 Å². The number of benzene rings is 1. The first-order chi connectivity index (χ1) is 8.77. The van der Waals surface area contributed by atoms with Gasteiger partial charge in [-0.25, -0.2) is 17.2 Å². The van der Waals surface area contributed by atoms with Crippen LogP contribution in [0.25, 0.3) is 0 Å². The monoisotopic (exact) mass is 289 g/mol. The number of nitrogens with zero attached hydrogens (tertiary/aromatic N) is 1. The molecule has 1 N–H and O–H groups in total. The molecule has 0 amide bonds. The molecule has 0 atom stereocenters. The van der Waals surface area contributed by atoms with E-state index in [0.717, 1.165) is 0 Å². The maximum Gasteiger partial charge on any atom is 0.318 e. The van der Waals surface area contributed by atoms with Crippen LogP contribution in [-0.2, 0) is 14.8 Å². The maximum absolute atomic E-state index is 13.0. The van der Waals surface area contributed by atoms with Gasteiger partial charge >= 0.3 is 5.97 Å². The smallest absolute Gasteiger partial charge is 0.318 e. The Hall–Kier alpha value is -1.98. The van der Waals surface area contributed by atoms with Crippen LogP contribution in [0, 0.1) is 24.0 Å². The quantitative estimate of drug-likeness (QED) is 0.809. The molecule has 0 aliphatic rings. The molecule has 0 aliphatic heterocycles. The Labute approximate surface area is 108 Å². The molecular weight excluding hydrogens is 280 g/mol. The molecule has 8 heteroatoms. The second-order valence-corrected chi connectivity index (χ2v) is 5.41. The Morgan fingerprint density at radius 3 is 2.26 bits per heavy atom. The summed E-state index contributed by atoms with van der Waals surface area (Å²) in [4.78, 5) is 9.88. The molecule has 0 radical (unpaired) electrons. The van der Waals surface area contributed by atoms with Gasteiger partial charge in [0.2, 0.25) is 10.0 Å². The molecule has 0 aromatic heterocycles. The lowest BCUT2D eigenvalue weighted by atomic mass is 10.3.